The molecule has 0 aromatic heterocycles. The largest absolute Gasteiger partial charge is 0.493 e. The highest BCUT2D eigenvalue weighted by atomic mass is 16.5. The quantitative estimate of drug-likeness (QED) is 0.0805. The van der Waals surface area contributed by atoms with Gasteiger partial charge in [0.05, 0.1) is 48.9 Å². The third-order valence-corrected chi connectivity index (χ3v) is 7.62. The van der Waals surface area contributed by atoms with Crippen LogP contribution in [0, 0.1) is 0 Å². The maximum atomic E-state index is 13.9. The number of rotatable bonds is 22. The molecule has 6 N–H and O–H groups in total. The van der Waals surface area contributed by atoms with Gasteiger partial charge in [0.1, 0.15) is 23.0 Å². The normalized spacial score (nSPS) is 10.6. The molecule has 0 atom stereocenters. The number of hydrogen-bond acceptors (Lipinski definition) is 8. The minimum atomic E-state index is -0.695. The van der Waals surface area contributed by atoms with Gasteiger partial charge < -0.3 is 41.0 Å². The van der Waals surface area contributed by atoms with E-state index >= 15 is 0 Å². The van der Waals surface area contributed by atoms with Gasteiger partial charge in [-0.05, 0) is 68.1 Å². The number of anilines is 2. The Morgan fingerprint density at radius 3 is 1.16 bits per heavy atom. The molecular weight excluding hydrogens is 640 g/mol. The standard InChI is InChI=1S/C38H50N4O8/c1-5-9-17-47-31-15-13-25(35(39)43)21-27(31)37(45)41-29-23-30(34(50-20-12-8-4)24-33(29)49-19-11-7-3)42-38(46)28-22-26(36(40)44)14-16-32(28)48-18-10-6-2/h13-16,21-24H,5-12,17-20H2,1-4H3,(H2,39,43)(H2,40,44)(H,41,45)(H,42,46). The van der Waals surface area contributed by atoms with Crippen molar-refractivity contribution < 1.29 is 38.1 Å². The molecule has 50 heavy (non-hydrogen) atoms. The van der Waals surface area contributed by atoms with E-state index in [1.165, 1.54) is 24.3 Å². The molecule has 0 aliphatic carbocycles. The average molecular weight is 691 g/mol. The SMILES string of the molecule is CCCCOc1cc(OCCCC)c(NC(=O)c2cc(C(N)=O)ccc2OCCCC)cc1NC(=O)c1cc(C(N)=O)ccc1OCCCC. The molecule has 0 spiro atoms. The lowest BCUT2D eigenvalue weighted by molar-refractivity contribution is 0.0989. The number of carbonyl (C=O) groups excluding carboxylic acids is 4. The summed E-state index contributed by atoms with van der Waals surface area (Å²) >= 11 is 0. The van der Waals surface area contributed by atoms with Crippen molar-refractivity contribution in [3.63, 3.8) is 0 Å². The molecule has 0 aliphatic rings. The van der Waals surface area contributed by atoms with Crippen LogP contribution in [0.25, 0.3) is 0 Å². The van der Waals surface area contributed by atoms with Crippen molar-refractivity contribution in [1.29, 1.82) is 0 Å². The molecule has 0 aliphatic heterocycles. The number of primary amides is 2. The van der Waals surface area contributed by atoms with E-state index in [4.69, 9.17) is 30.4 Å². The van der Waals surface area contributed by atoms with Gasteiger partial charge >= 0.3 is 0 Å². The van der Waals surface area contributed by atoms with Crippen LogP contribution in [0.4, 0.5) is 11.4 Å². The number of unbranched alkanes of at least 4 members (excludes halogenated alkanes) is 4. The van der Waals surface area contributed by atoms with Crippen LogP contribution in [0.3, 0.4) is 0 Å². The highest BCUT2D eigenvalue weighted by Gasteiger charge is 2.22. The van der Waals surface area contributed by atoms with Crippen LogP contribution in [0.15, 0.2) is 48.5 Å². The molecule has 0 heterocycles. The monoisotopic (exact) mass is 690 g/mol. The molecule has 270 valence electrons. The molecule has 3 aromatic carbocycles. The van der Waals surface area contributed by atoms with Gasteiger partial charge in [0.2, 0.25) is 11.8 Å². The van der Waals surface area contributed by atoms with Crippen molar-refractivity contribution in [2.45, 2.75) is 79.1 Å². The van der Waals surface area contributed by atoms with Crippen LogP contribution in [0.2, 0.25) is 0 Å². The predicted octanol–water partition coefficient (Wildman–Crippen LogP) is 7.10. The molecule has 0 radical (unpaired) electrons. The van der Waals surface area contributed by atoms with E-state index in [2.05, 4.69) is 10.6 Å². The Morgan fingerprint density at radius 2 is 0.840 bits per heavy atom. The zero-order valence-electron chi connectivity index (χ0n) is 29.5. The Bertz CT molecular complexity index is 1510. The van der Waals surface area contributed by atoms with Crippen molar-refractivity contribution in [2.24, 2.45) is 11.5 Å². The molecule has 0 saturated carbocycles. The molecule has 3 rings (SSSR count). The lowest BCUT2D eigenvalue weighted by atomic mass is 10.1. The van der Waals surface area contributed by atoms with Crippen LogP contribution < -0.4 is 41.0 Å². The summed E-state index contributed by atoms with van der Waals surface area (Å²) in [5.74, 6) is -1.36. The number of nitrogens with two attached hydrogens (primary N) is 2. The smallest absolute Gasteiger partial charge is 0.259 e. The van der Waals surface area contributed by atoms with Gasteiger partial charge in [-0.25, -0.2) is 0 Å². The molecule has 0 bridgehead atoms. The van der Waals surface area contributed by atoms with Crippen molar-refractivity contribution in [3.8, 4) is 23.0 Å². The Balaban J connectivity index is 2.10. The highest BCUT2D eigenvalue weighted by Crippen LogP contribution is 2.38. The van der Waals surface area contributed by atoms with Crippen molar-refractivity contribution in [2.75, 3.05) is 37.1 Å². The van der Waals surface area contributed by atoms with Crippen molar-refractivity contribution in [3.05, 3.63) is 70.8 Å². The molecule has 12 heteroatoms. The maximum Gasteiger partial charge on any atom is 0.259 e. The van der Waals surface area contributed by atoms with E-state index in [0.717, 1.165) is 51.4 Å². The van der Waals surface area contributed by atoms with Gasteiger partial charge in [0.15, 0.2) is 0 Å². The molecule has 12 nitrogen and oxygen atoms in total. The van der Waals surface area contributed by atoms with Crippen molar-refractivity contribution >= 4 is 35.0 Å². The zero-order chi connectivity index (χ0) is 36.5. The maximum absolute atomic E-state index is 13.9. The van der Waals surface area contributed by atoms with Crippen LogP contribution in [0.5, 0.6) is 23.0 Å². The first-order chi connectivity index (χ1) is 24.1. The molecule has 3 aromatic rings. The number of amides is 4. The van der Waals surface area contributed by atoms with Gasteiger partial charge in [-0.3, -0.25) is 19.2 Å². The summed E-state index contributed by atoms with van der Waals surface area (Å²) in [6.45, 7) is 9.58. The Hall–Kier alpha value is -5.26. The second kappa shape index (κ2) is 20.3. The molecule has 0 fully saturated rings. The van der Waals surface area contributed by atoms with Gasteiger partial charge in [0, 0.05) is 17.2 Å². The number of ether oxygens (including phenoxy) is 4. The predicted molar refractivity (Wildman–Crippen MR) is 194 cm³/mol. The topological polar surface area (TPSA) is 181 Å². The third-order valence-electron chi connectivity index (χ3n) is 7.62. The summed E-state index contributed by atoms with van der Waals surface area (Å²) in [6.07, 6.45) is 6.58. The number of nitrogens with one attached hydrogen (secondary N) is 2. The summed E-state index contributed by atoms with van der Waals surface area (Å²) in [5, 5.41) is 5.76. The summed E-state index contributed by atoms with van der Waals surface area (Å²) in [6, 6.07) is 12.0. The lowest BCUT2D eigenvalue weighted by Gasteiger charge is -2.20. The van der Waals surface area contributed by atoms with Gasteiger partial charge in [-0.2, -0.15) is 0 Å². The average Bonchev–Trinajstić information content (AvgIpc) is 3.10. The third kappa shape index (κ3) is 11.4. The second-order valence-electron chi connectivity index (χ2n) is 11.7. The Labute approximate surface area is 294 Å². The van der Waals surface area contributed by atoms with E-state index in [1.807, 2.05) is 27.7 Å². The minimum Gasteiger partial charge on any atom is -0.493 e. The van der Waals surface area contributed by atoms with Crippen LogP contribution >= 0.6 is 0 Å². The second-order valence-corrected chi connectivity index (χ2v) is 11.7. The van der Waals surface area contributed by atoms with Gasteiger partial charge in [-0.15, -0.1) is 0 Å². The summed E-state index contributed by atoms with van der Waals surface area (Å²) in [7, 11) is 0. The first-order valence-electron chi connectivity index (χ1n) is 17.3. The van der Waals surface area contributed by atoms with Gasteiger partial charge in [0.25, 0.3) is 11.8 Å². The summed E-state index contributed by atoms with van der Waals surface area (Å²) in [5.41, 5.74) is 12.0. The summed E-state index contributed by atoms with van der Waals surface area (Å²) < 4.78 is 24.0. The molecule has 0 saturated heterocycles. The number of benzene rings is 3. The molecule has 0 unspecified atom stereocenters. The van der Waals surface area contributed by atoms with E-state index in [0.29, 0.717) is 37.9 Å². The fourth-order valence-corrected chi connectivity index (χ4v) is 4.65. The first-order valence-corrected chi connectivity index (χ1v) is 17.3. The molecular formula is C38H50N4O8. The van der Waals surface area contributed by atoms with E-state index in [-0.39, 0.29) is 45.1 Å². The zero-order valence-corrected chi connectivity index (χ0v) is 29.5. The molecule has 4 amide bonds. The van der Waals surface area contributed by atoms with E-state index < -0.39 is 23.6 Å². The number of hydrogen-bond donors (Lipinski definition) is 4. The minimum absolute atomic E-state index is 0.0999. The van der Waals surface area contributed by atoms with Crippen molar-refractivity contribution in [1.82, 2.24) is 0 Å². The fraction of sp³-hybridized carbons (Fsp3) is 0.421. The first kappa shape index (κ1) is 39.2. The highest BCUT2D eigenvalue weighted by molar-refractivity contribution is 6.11. The van der Waals surface area contributed by atoms with Crippen LogP contribution in [-0.4, -0.2) is 50.1 Å². The van der Waals surface area contributed by atoms with Gasteiger partial charge in [-0.1, -0.05) is 53.4 Å². The number of carbonyl (C=O) groups is 4. The van der Waals surface area contributed by atoms with E-state index in [1.54, 1.807) is 24.3 Å². The van der Waals surface area contributed by atoms with Crippen LogP contribution in [0.1, 0.15) is 120 Å². The fourth-order valence-electron chi connectivity index (χ4n) is 4.65. The Morgan fingerprint density at radius 1 is 0.500 bits per heavy atom. The lowest BCUT2D eigenvalue weighted by Crippen LogP contribution is -2.19. The summed E-state index contributed by atoms with van der Waals surface area (Å²) in [4.78, 5) is 51.8. The van der Waals surface area contributed by atoms with Crippen LogP contribution in [-0.2, 0) is 0 Å². The van der Waals surface area contributed by atoms with E-state index in [9.17, 15) is 19.2 Å². The Kier molecular flexibility index (Phi) is 15.9.